The van der Waals surface area contributed by atoms with Gasteiger partial charge in [-0.05, 0) is 26.8 Å². The molecule has 8 nitrogen and oxygen atoms in total. The van der Waals surface area contributed by atoms with Crippen LogP contribution in [0, 0.1) is 20.8 Å². The zero-order valence-corrected chi connectivity index (χ0v) is 14.1. The van der Waals surface area contributed by atoms with Gasteiger partial charge in [0.1, 0.15) is 6.04 Å². The summed E-state index contributed by atoms with van der Waals surface area (Å²) >= 11 is 0. The summed E-state index contributed by atoms with van der Waals surface area (Å²) in [7, 11) is 0. The van der Waals surface area contributed by atoms with Crippen molar-refractivity contribution in [3.8, 4) is 0 Å². The summed E-state index contributed by atoms with van der Waals surface area (Å²) in [4.78, 5) is 15.6. The molecule has 8 heteroatoms. The van der Waals surface area contributed by atoms with Crippen molar-refractivity contribution < 1.29 is 9.26 Å². The van der Waals surface area contributed by atoms with Gasteiger partial charge in [-0.2, -0.15) is 4.98 Å². The van der Waals surface area contributed by atoms with E-state index in [-0.39, 0.29) is 6.04 Å². The van der Waals surface area contributed by atoms with Gasteiger partial charge in [0.25, 0.3) is 0 Å². The number of hydrogen-bond donors (Lipinski definition) is 0. The third kappa shape index (κ3) is 2.67. The largest absolute Gasteiger partial charge is 0.378 e. The van der Waals surface area contributed by atoms with Crippen molar-refractivity contribution in [2.75, 3.05) is 19.8 Å². The van der Waals surface area contributed by atoms with Crippen molar-refractivity contribution in [2.24, 2.45) is 0 Å². The van der Waals surface area contributed by atoms with Crippen molar-refractivity contribution in [1.82, 2.24) is 29.4 Å². The van der Waals surface area contributed by atoms with E-state index in [2.05, 4.69) is 42.4 Å². The van der Waals surface area contributed by atoms with Crippen LogP contribution in [0.5, 0.6) is 0 Å². The molecule has 0 aliphatic carbocycles. The Morgan fingerprint density at radius 1 is 1.25 bits per heavy atom. The van der Waals surface area contributed by atoms with Gasteiger partial charge < -0.3 is 9.26 Å². The Labute approximate surface area is 139 Å². The first kappa shape index (κ1) is 15.2. The second-order valence-corrected chi connectivity index (χ2v) is 6.16. The number of morpholine rings is 1. The van der Waals surface area contributed by atoms with E-state index in [1.165, 1.54) is 0 Å². The Hall–Kier alpha value is -2.32. The molecule has 0 N–H and O–H groups in total. The fourth-order valence-corrected chi connectivity index (χ4v) is 3.22. The number of aryl methyl sites for hydroxylation is 3. The van der Waals surface area contributed by atoms with Crippen molar-refractivity contribution in [3.05, 3.63) is 41.1 Å². The van der Waals surface area contributed by atoms with Gasteiger partial charge in [-0.1, -0.05) is 5.16 Å². The van der Waals surface area contributed by atoms with Crippen LogP contribution in [0.1, 0.15) is 34.8 Å². The summed E-state index contributed by atoms with van der Waals surface area (Å²) in [6.45, 7) is 8.65. The lowest BCUT2D eigenvalue weighted by Crippen LogP contribution is -2.39. The summed E-state index contributed by atoms with van der Waals surface area (Å²) < 4.78 is 13.1. The zero-order valence-electron chi connectivity index (χ0n) is 14.1. The maximum atomic E-state index is 5.62. The van der Waals surface area contributed by atoms with Crippen LogP contribution in [-0.2, 0) is 11.3 Å². The van der Waals surface area contributed by atoms with Crippen LogP contribution in [0.25, 0.3) is 5.78 Å². The average molecular weight is 328 g/mol. The van der Waals surface area contributed by atoms with Crippen LogP contribution in [0.15, 0.2) is 16.8 Å². The fourth-order valence-electron chi connectivity index (χ4n) is 3.22. The first-order chi connectivity index (χ1) is 11.6. The number of imidazole rings is 1. The highest BCUT2D eigenvalue weighted by Crippen LogP contribution is 2.25. The van der Waals surface area contributed by atoms with E-state index >= 15 is 0 Å². The molecule has 0 bridgehead atoms. The molecule has 0 radical (unpaired) electrons. The molecule has 3 aromatic heterocycles. The molecule has 4 rings (SSSR count). The van der Waals surface area contributed by atoms with Crippen LogP contribution < -0.4 is 0 Å². The van der Waals surface area contributed by atoms with Crippen LogP contribution >= 0.6 is 0 Å². The molecule has 1 fully saturated rings. The Morgan fingerprint density at radius 3 is 2.92 bits per heavy atom. The van der Waals surface area contributed by atoms with Gasteiger partial charge in [0, 0.05) is 24.5 Å². The molecule has 1 aliphatic rings. The highest BCUT2D eigenvalue weighted by atomic mass is 16.5. The normalized spacial score (nSPS) is 19.2. The maximum Gasteiger partial charge on any atom is 0.246 e. The van der Waals surface area contributed by atoms with Gasteiger partial charge in [0.05, 0.1) is 25.1 Å². The number of fused-ring (bicyclic) bond motifs is 1. The first-order valence-electron chi connectivity index (χ1n) is 8.04. The molecule has 1 atom stereocenters. The summed E-state index contributed by atoms with van der Waals surface area (Å²) in [5.74, 6) is 1.98. The van der Waals surface area contributed by atoms with Crippen molar-refractivity contribution >= 4 is 5.78 Å². The fraction of sp³-hybridized carbons (Fsp3) is 0.500. The van der Waals surface area contributed by atoms with E-state index < -0.39 is 0 Å². The first-order valence-corrected chi connectivity index (χ1v) is 8.04. The van der Waals surface area contributed by atoms with Gasteiger partial charge >= 0.3 is 0 Å². The van der Waals surface area contributed by atoms with E-state index in [0.717, 1.165) is 35.9 Å². The van der Waals surface area contributed by atoms with E-state index in [1.807, 2.05) is 20.0 Å². The summed E-state index contributed by atoms with van der Waals surface area (Å²) in [5, 5.41) is 3.90. The second kappa shape index (κ2) is 5.95. The average Bonchev–Trinajstić information content (AvgIpc) is 3.14. The lowest BCUT2D eigenvalue weighted by Gasteiger charge is -2.33. The minimum atomic E-state index is -0.0378. The van der Waals surface area contributed by atoms with Crippen molar-refractivity contribution in [2.45, 2.75) is 33.4 Å². The lowest BCUT2D eigenvalue weighted by molar-refractivity contribution is -0.0247. The molecule has 0 aromatic carbocycles. The van der Waals surface area contributed by atoms with Crippen LogP contribution in [-0.4, -0.2) is 49.2 Å². The molecule has 0 unspecified atom stereocenters. The van der Waals surface area contributed by atoms with Crippen molar-refractivity contribution in [3.63, 3.8) is 0 Å². The maximum absolute atomic E-state index is 5.62. The van der Waals surface area contributed by atoms with Gasteiger partial charge in [-0.3, -0.25) is 9.30 Å². The molecule has 0 saturated carbocycles. The monoisotopic (exact) mass is 328 g/mol. The summed E-state index contributed by atoms with van der Waals surface area (Å²) in [5.41, 5.74) is 3.20. The summed E-state index contributed by atoms with van der Waals surface area (Å²) in [6, 6.07) is 2.03. The molecular formula is C16H20N6O2. The molecule has 0 spiro atoms. The van der Waals surface area contributed by atoms with Gasteiger partial charge in [0.15, 0.2) is 5.82 Å². The smallest absolute Gasteiger partial charge is 0.246 e. The number of nitrogens with zero attached hydrogens (tertiary/aromatic N) is 6. The molecule has 1 aliphatic heterocycles. The van der Waals surface area contributed by atoms with Gasteiger partial charge in [-0.15, -0.1) is 0 Å². The van der Waals surface area contributed by atoms with E-state index in [1.54, 1.807) is 0 Å². The number of ether oxygens (including phenoxy) is 1. The number of rotatable bonds is 3. The standard InChI is InChI=1S/C16H20N6O2/c1-10-6-11(2)22-13(7-17-16(22)18-10)8-21-4-5-23-9-14(21)15-19-12(3)20-24-15/h6-7,14H,4-5,8-9H2,1-3H3/t14-/m1/s1. The number of hydrogen-bond acceptors (Lipinski definition) is 7. The molecule has 3 aromatic rings. The minimum absolute atomic E-state index is 0.0378. The molecule has 24 heavy (non-hydrogen) atoms. The second-order valence-electron chi connectivity index (χ2n) is 6.16. The Morgan fingerprint density at radius 2 is 2.12 bits per heavy atom. The van der Waals surface area contributed by atoms with Crippen LogP contribution in [0.3, 0.4) is 0 Å². The minimum Gasteiger partial charge on any atom is -0.378 e. The van der Waals surface area contributed by atoms with Crippen LogP contribution in [0.4, 0.5) is 0 Å². The summed E-state index contributed by atoms with van der Waals surface area (Å²) in [6.07, 6.45) is 1.89. The van der Waals surface area contributed by atoms with E-state index in [9.17, 15) is 0 Å². The quantitative estimate of drug-likeness (QED) is 0.722. The molecule has 126 valence electrons. The molecule has 1 saturated heterocycles. The van der Waals surface area contributed by atoms with Gasteiger partial charge in [0.2, 0.25) is 11.7 Å². The van der Waals surface area contributed by atoms with E-state index in [4.69, 9.17) is 9.26 Å². The third-order valence-corrected chi connectivity index (χ3v) is 4.30. The Balaban J connectivity index is 1.66. The molecular weight excluding hydrogens is 308 g/mol. The van der Waals surface area contributed by atoms with Crippen LogP contribution in [0.2, 0.25) is 0 Å². The highest BCUT2D eigenvalue weighted by Gasteiger charge is 2.30. The topological polar surface area (TPSA) is 81.6 Å². The molecule has 4 heterocycles. The molecule has 0 amide bonds. The SMILES string of the molecule is Cc1cc(C)n2c(CN3CCOC[C@@H]3c3nc(C)no3)cnc2n1. The van der Waals surface area contributed by atoms with Crippen molar-refractivity contribution in [1.29, 1.82) is 0 Å². The predicted octanol–water partition coefficient (Wildman–Crippen LogP) is 1.61. The third-order valence-electron chi connectivity index (χ3n) is 4.30. The van der Waals surface area contributed by atoms with E-state index in [0.29, 0.717) is 24.9 Å². The Bertz CT molecular complexity index is 871. The Kier molecular flexibility index (Phi) is 3.78. The highest BCUT2D eigenvalue weighted by molar-refractivity contribution is 5.35. The van der Waals surface area contributed by atoms with Gasteiger partial charge in [-0.25, -0.2) is 9.97 Å². The predicted molar refractivity (Wildman–Crippen MR) is 85.5 cm³/mol. The number of aromatic nitrogens is 5. The lowest BCUT2D eigenvalue weighted by atomic mass is 10.2. The zero-order chi connectivity index (χ0) is 16.7.